The van der Waals surface area contributed by atoms with Crippen LogP contribution >= 0.6 is 0 Å². The van der Waals surface area contributed by atoms with Gasteiger partial charge in [-0.05, 0) is 44.2 Å². The third kappa shape index (κ3) is 5.33. The van der Waals surface area contributed by atoms with Gasteiger partial charge in [0.05, 0.1) is 36.3 Å². The number of aromatic nitrogens is 5. The van der Waals surface area contributed by atoms with Gasteiger partial charge < -0.3 is 20.3 Å². The molecule has 0 spiro atoms. The number of fused-ring (bicyclic) bond motifs is 1. The summed E-state index contributed by atoms with van der Waals surface area (Å²) in [5, 5.41) is 6.91. The number of morpholine rings is 1. The number of hydrogen-bond acceptors (Lipinski definition) is 9. The van der Waals surface area contributed by atoms with Crippen LogP contribution in [0.2, 0.25) is 0 Å². The molecular weight excluding hydrogens is 444 g/mol. The smallest absolute Gasteiger partial charge is 0.270 e. The number of carbonyl (C=O) groups is 1. The molecule has 3 aromatic heterocycles. The Kier molecular flexibility index (Phi) is 6.44. The molecule has 0 saturated carbocycles. The van der Waals surface area contributed by atoms with Gasteiger partial charge in [-0.15, -0.1) is 0 Å². The Hall–Kier alpha value is -4.18. The maximum atomic E-state index is 12.1. The number of nitrogens with one attached hydrogen (secondary N) is 2. The van der Waals surface area contributed by atoms with Crippen LogP contribution in [-0.2, 0) is 4.74 Å². The van der Waals surface area contributed by atoms with Gasteiger partial charge in [0.1, 0.15) is 5.69 Å². The lowest BCUT2D eigenvalue weighted by atomic mass is 10.1. The van der Waals surface area contributed by atoms with Crippen LogP contribution in [0.4, 0.5) is 17.6 Å². The lowest BCUT2D eigenvalue weighted by Gasteiger charge is -2.26. The molecule has 2 N–H and O–H groups in total. The van der Waals surface area contributed by atoms with Gasteiger partial charge in [-0.25, -0.2) is 24.9 Å². The average Bonchev–Trinajstić information content (AvgIpc) is 2.89. The first-order chi connectivity index (χ1) is 17.0. The molecule has 1 amide bonds. The number of pyridine rings is 1. The van der Waals surface area contributed by atoms with Crippen molar-refractivity contribution in [1.29, 1.82) is 0 Å². The van der Waals surface area contributed by atoms with Crippen LogP contribution in [0.1, 0.15) is 24.3 Å². The van der Waals surface area contributed by atoms with E-state index in [-0.39, 0.29) is 11.9 Å². The summed E-state index contributed by atoms with van der Waals surface area (Å²) in [5.41, 5.74) is 3.62. The lowest BCUT2D eigenvalue weighted by molar-refractivity contribution is 0.0938. The van der Waals surface area contributed by atoms with Crippen LogP contribution in [0.3, 0.4) is 0 Å². The summed E-state index contributed by atoms with van der Waals surface area (Å²) in [6.45, 7) is 6.79. The second-order valence-electron chi connectivity index (χ2n) is 8.49. The van der Waals surface area contributed by atoms with Crippen molar-refractivity contribution in [3.8, 4) is 11.3 Å². The summed E-state index contributed by atoms with van der Waals surface area (Å²) in [6.07, 6.45) is 5.13. The molecule has 0 aliphatic carbocycles. The fourth-order valence-corrected chi connectivity index (χ4v) is 3.75. The van der Waals surface area contributed by atoms with Crippen LogP contribution < -0.4 is 15.5 Å². The van der Waals surface area contributed by atoms with Crippen LogP contribution in [0.5, 0.6) is 0 Å². The summed E-state index contributed by atoms with van der Waals surface area (Å²) in [4.78, 5) is 36.7. The third-order valence-corrected chi connectivity index (χ3v) is 5.48. The van der Waals surface area contributed by atoms with E-state index in [9.17, 15) is 4.79 Å². The highest BCUT2D eigenvalue weighted by atomic mass is 16.5. The largest absolute Gasteiger partial charge is 0.378 e. The molecule has 5 rings (SSSR count). The molecule has 1 aliphatic heterocycles. The molecule has 178 valence electrons. The van der Waals surface area contributed by atoms with Gasteiger partial charge in [-0.2, -0.15) is 0 Å². The summed E-state index contributed by atoms with van der Waals surface area (Å²) in [5.74, 6) is 0.952. The van der Waals surface area contributed by atoms with Crippen molar-refractivity contribution < 1.29 is 9.53 Å². The first-order valence-corrected chi connectivity index (χ1v) is 11.5. The molecule has 0 bridgehead atoms. The minimum absolute atomic E-state index is 0.0479. The van der Waals surface area contributed by atoms with Crippen LogP contribution in [-0.4, -0.2) is 63.2 Å². The molecule has 1 aromatic carbocycles. The number of amides is 1. The molecule has 4 heterocycles. The first kappa shape index (κ1) is 22.6. The highest BCUT2D eigenvalue weighted by molar-refractivity contribution is 5.92. The Morgan fingerprint density at radius 1 is 1.00 bits per heavy atom. The standard InChI is InChI=1S/C25H26N8O2/c1-16(2)29-23(34)22-6-4-19(15-27-22)30-24-26-8-7-21(31-24)17-3-5-20-18(13-17)14-28-25(32-20)33-9-11-35-12-10-33/h3-8,13-16H,9-12H2,1-2H3,(H,29,34)(H,26,30,31). The molecule has 10 nitrogen and oxygen atoms in total. The van der Waals surface area contributed by atoms with Gasteiger partial charge in [0, 0.05) is 42.5 Å². The van der Waals surface area contributed by atoms with E-state index in [4.69, 9.17) is 9.72 Å². The molecular formula is C25H26N8O2. The molecule has 0 radical (unpaired) electrons. The van der Waals surface area contributed by atoms with Crippen molar-refractivity contribution >= 4 is 34.4 Å². The van der Waals surface area contributed by atoms with Crippen molar-refractivity contribution in [2.24, 2.45) is 0 Å². The number of rotatable bonds is 6. The molecule has 0 unspecified atom stereocenters. The maximum absolute atomic E-state index is 12.1. The number of ether oxygens (including phenoxy) is 1. The van der Waals surface area contributed by atoms with E-state index in [1.165, 1.54) is 0 Å². The van der Waals surface area contributed by atoms with Gasteiger partial charge >= 0.3 is 0 Å². The predicted octanol–water partition coefficient (Wildman–Crippen LogP) is 3.20. The van der Waals surface area contributed by atoms with E-state index in [0.717, 1.165) is 41.2 Å². The van der Waals surface area contributed by atoms with E-state index in [0.29, 0.717) is 30.5 Å². The molecule has 1 fully saturated rings. The second kappa shape index (κ2) is 9.98. The van der Waals surface area contributed by atoms with Crippen molar-refractivity contribution in [2.75, 3.05) is 36.5 Å². The molecule has 1 saturated heterocycles. The fourth-order valence-electron chi connectivity index (χ4n) is 3.75. The van der Waals surface area contributed by atoms with Crippen molar-refractivity contribution in [2.45, 2.75) is 19.9 Å². The van der Waals surface area contributed by atoms with Gasteiger partial charge in [0.25, 0.3) is 5.91 Å². The highest BCUT2D eigenvalue weighted by Crippen LogP contribution is 2.24. The second-order valence-corrected chi connectivity index (χ2v) is 8.49. The fraction of sp³-hybridized carbons (Fsp3) is 0.280. The van der Waals surface area contributed by atoms with Crippen molar-refractivity contribution in [3.05, 3.63) is 60.7 Å². The summed E-state index contributed by atoms with van der Waals surface area (Å²) >= 11 is 0. The average molecular weight is 471 g/mol. The zero-order chi connectivity index (χ0) is 24.2. The normalized spacial score (nSPS) is 13.7. The van der Waals surface area contributed by atoms with Crippen molar-refractivity contribution in [3.63, 3.8) is 0 Å². The van der Waals surface area contributed by atoms with Crippen molar-refractivity contribution in [1.82, 2.24) is 30.2 Å². The Labute approximate surface area is 202 Å². The van der Waals surface area contributed by atoms with Gasteiger partial charge in [0.2, 0.25) is 11.9 Å². The van der Waals surface area contributed by atoms with E-state index in [1.54, 1.807) is 24.5 Å². The molecule has 1 aliphatic rings. The third-order valence-electron chi connectivity index (χ3n) is 5.48. The number of benzene rings is 1. The van der Waals surface area contributed by atoms with Gasteiger partial charge in [-0.3, -0.25) is 4.79 Å². The lowest BCUT2D eigenvalue weighted by Crippen LogP contribution is -2.37. The summed E-state index contributed by atoms with van der Waals surface area (Å²) < 4.78 is 5.41. The quantitative estimate of drug-likeness (QED) is 0.438. The Bertz CT molecular complexity index is 1340. The number of nitrogens with zero attached hydrogens (tertiary/aromatic N) is 6. The zero-order valence-corrected chi connectivity index (χ0v) is 19.6. The number of carbonyl (C=O) groups excluding carboxylic acids is 1. The monoisotopic (exact) mass is 470 g/mol. The Morgan fingerprint density at radius 2 is 1.86 bits per heavy atom. The van der Waals surface area contributed by atoms with Gasteiger partial charge in [-0.1, -0.05) is 6.07 Å². The van der Waals surface area contributed by atoms with Crippen LogP contribution in [0.25, 0.3) is 22.2 Å². The number of anilines is 3. The van der Waals surface area contributed by atoms with Crippen LogP contribution in [0, 0.1) is 0 Å². The SMILES string of the molecule is CC(C)NC(=O)c1ccc(Nc2nccc(-c3ccc4nc(N5CCOCC5)ncc4c3)n2)cn1. The predicted molar refractivity (Wildman–Crippen MR) is 134 cm³/mol. The number of hydrogen-bond donors (Lipinski definition) is 2. The van der Waals surface area contributed by atoms with E-state index in [1.807, 2.05) is 44.3 Å². The first-order valence-electron chi connectivity index (χ1n) is 11.5. The molecule has 0 atom stereocenters. The minimum Gasteiger partial charge on any atom is -0.378 e. The van der Waals surface area contributed by atoms with Gasteiger partial charge in [0.15, 0.2) is 0 Å². The Morgan fingerprint density at radius 3 is 2.63 bits per heavy atom. The van der Waals surface area contributed by atoms with Crippen LogP contribution in [0.15, 0.2) is 55.0 Å². The summed E-state index contributed by atoms with van der Waals surface area (Å²) in [6, 6.07) is 11.3. The molecule has 10 heteroatoms. The van der Waals surface area contributed by atoms with E-state index in [2.05, 4.69) is 35.5 Å². The topological polar surface area (TPSA) is 118 Å². The summed E-state index contributed by atoms with van der Waals surface area (Å²) in [7, 11) is 0. The highest BCUT2D eigenvalue weighted by Gasteiger charge is 2.14. The minimum atomic E-state index is -0.206. The Balaban J connectivity index is 1.32. The molecule has 4 aromatic rings. The molecule has 35 heavy (non-hydrogen) atoms. The van der Waals surface area contributed by atoms with E-state index >= 15 is 0 Å². The zero-order valence-electron chi connectivity index (χ0n) is 19.6. The maximum Gasteiger partial charge on any atom is 0.270 e. The van der Waals surface area contributed by atoms with E-state index < -0.39 is 0 Å².